The predicted molar refractivity (Wildman–Crippen MR) is 81.7 cm³/mol. The minimum Gasteiger partial charge on any atom is -0.341 e. The molecule has 1 fully saturated rings. The first kappa shape index (κ1) is 14.8. The summed E-state index contributed by atoms with van der Waals surface area (Å²) in [5.74, 6) is 0.654. The first-order valence-corrected chi connectivity index (χ1v) is 7.66. The molecule has 0 saturated carbocycles. The van der Waals surface area contributed by atoms with E-state index in [1.54, 1.807) is 18.2 Å². The number of nitrogens with zero attached hydrogens (tertiary/aromatic N) is 1. The summed E-state index contributed by atoms with van der Waals surface area (Å²) in [7, 11) is 1.87. The Bertz CT molecular complexity index is 461. The van der Waals surface area contributed by atoms with Crippen molar-refractivity contribution in [3.05, 3.63) is 33.3 Å². The molecule has 1 aromatic carbocycles. The van der Waals surface area contributed by atoms with Crippen LogP contribution in [0.15, 0.2) is 22.7 Å². The average Bonchev–Trinajstić information content (AvgIpc) is 2.42. The van der Waals surface area contributed by atoms with Crippen molar-refractivity contribution in [3.63, 3.8) is 0 Å². The minimum atomic E-state index is 0.0518. The Morgan fingerprint density at radius 1 is 1.47 bits per heavy atom. The van der Waals surface area contributed by atoms with Crippen LogP contribution >= 0.6 is 27.5 Å². The van der Waals surface area contributed by atoms with E-state index in [1.807, 2.05) is 11.9 Å². The lowest BCUT2D eigenvalue weighted by Gasteiger charge is -2.27. The molecular weight excluding hydrogens is 328 g/mol. The average molecular weight is 346 g/mol. The molecule has 3 nitrogen and oxygen atoms in total. The number of carbonyl (C=O) groups is 1. The van der Waals surface area contributed by atoms with Gasteiger partial charge in [0.25, 0.3) is 5.91 Å². The predicted octanol–water partition coefficient (Wildman–Crippen LogP) is 3.17. The van der Waals surface area contributed by atoms with Gasteiger partial charge in [-0.25, -0.2) is 0 Å². The number of carbonyl (C=O) groups excluding carboxylic acids is 1. The first-order valence-electron chi connectivity index (χ1n) is 6.49. The third kappa shape index (κ3) is 3.94. The molecule has 1 aromatic rings. The van der Waals surface area contributed by atoms with Gasteiger partial charge in [0.15, 0.2) is 0 Å². The lowest BCUT2D eigenvalue weighted by molar-refractivity contribution is 0.0762. The van der Waals surface area contributed by atoms with E-state index in [2.05, 4.69) is 21.2 Å². The van der Waals surface area contributed by atoms with Crippen molar-refractivity contribution in [2.24, 2.45) is 5.92 Å². The van der Waals surface area contributed by atoms with Gasteiger partial charge in [-0.2, -0.15) is 0 Å². The Labute approximate surface area is 127 Å². The molecule has 104 valence electrons. The van der Waals surface area contributed by atoms with Gasteiger partial charge in [-0.15, -0.1) is 0 Å². The number of hydrogen-bond donors (Lipinski definition) is 1. The number of hydrogen-bond acceptors (Lipinski definition) is 2. The zero-order chi connectivity index (χ0) is 13.8. The van der Waals surface area contributed by atoms with Crippen LogP contribution in [0.3, 0.4) is 0 Å². The summed E-state index contributed by atoms with van der Waals surface area (Å²) in [6, 6.07) is 5.30. The largest absolute Gasteiger partial charge is 0.341 e. The number of piperidine rings is 1. The van der Waals surface area contributed by atoms with Crippen molar-refractivity contribution in [3.8, 4) is 0 Å². The fourth-order valence-corrected chi connectivity index (χ4v) is 2.88. The maximum Gasteiger partial charge on any atom is 0.253 e. The zero-order valence-electron chi connectivity index (χ0n) is 11.0. The van der Waals surface area contributed by atoms with E-state index in [9.17, 15) is 4.79 Å². The van der Waals surface area contributed by atoms with Crippen LogP contribution in [-0.2, 0) is 0 Å². The van der Waals surface area contributed by atoms with Gasteiger partial charge in [0, 0.05) is 23.6 Å². The fourth-order valence-electron chi connectivity index (χ4n) is 2.38. The fraction of sp³-hybridized carbons (Fsp3) is 0.500. The number of halogens is 2. The summed E-state index contributed by atoms with van der Waals surface area (Å²) >= 11 is 9.29. The van der Waals surface area contributed by atoms with E-state index in [4.69, 9.17) is 11.6 Å². The van der Waals surface area contributed by atoms with Gasteiger partial charge in [-0.3, -0.25) is 4.79 Å². The molecule has 1 saturated heterocycles. The van der Waals surface area contributed by atoms with Gasteiger partial charge in [-0.05, 0) is 66.0 Å². The van der Waals surface area contributed by atoms with Crippen molar-refractivity contribution in [2.45, 2.75) is 12.8 Å². The molecule has 1 amide bonds. The Kier molecular flexibility index (Phi) is 5.25. The lowest BCUT2D eigenvalue weighted by Crippen LogP contribution is -2.37. The summed E-state index contributed by atoms with van der Waals surface area (Å²) < 4.78 is 0.760. The highest BCUT2D eigenvalue weighted by Gasteiger charge is 2.19. The summed E-state index contributed by atoms with van der Waals surface area (Å²) in [5, 5.41) is 3.96. The van der Waals surface area contributed by atoms with E-state index in [0.29, 0.717) is 16.5 Å². The number of rotatable bonds is 3. The van der Waals surface area contributed by atoms with Gasteiger partial charge in [-0.1, -0.05) is 11.6 Å². The second-order valence-electron chi connectivity index (χ2n) is 5.01. The van der Waals surface area contributed by atoms with Crippen molar-refractivity contribution < 1.29 is 4.79 Å². The van der Waals surface area contributed by atoms with E-state index in [1.165, 1.54) is 0 Å². The lowest BCUT2D eigenvalue weighted by atomic mass is 9.97. The van der Waals surface area contributed by atoms with Crippen molar-refractivity contribution in [2.75, 3.05) is 26.7 Å². The molecule has 1 N–H and O–H groups in total. The Balaban J connectivity index is 1.99. The molecule has 0 spiro atoms. The van der Waals surface area contributed by atoms with Crippen LogP contribution in [0.2, 0.25) is 5.02 Å². The molecule has 5 heteroatoms. The maximum atomic E-state index is 12.3. The minimum absolute atomic E-state index is 0.0518. The summed E-state index contributed by atoms with van der Waals surface area (Å²) in [6.07, 6.45) is 2.28. The molecule has 0 radical (unpaired) electrons. The standard InChI is InChI=1S/C14H18BrClN2O/c1-18(9-10-4-6-17-7-5-10)14(19)11-2-3-13(16)12(15)8-11/h2-3,8,10,17H,4-7,9H2,1H3. The third-order valence-electron chi connectivity index (χ3n) is 3.50. The topological polar surface area (TPSA) is 32.3 Å². The normalized spacial score (nSPS) is 16.4. The highest BCUT2D eigenvalue weighted by molar-refractivity contribution is 9.10. The molecule has 0 aliphatic carbocycles. The molecule has 0 unspecified atom stereocenters. The smallest absolute Gasteiger partial charge is 0.253 e. The van der Waals surface area contributed by atoms with E-state index in [0.717, 1.165) is 36.9 Å². The zero-order valence-corrected chi connectivity index (χ0v) is 13.3. The molecule has 19 heavy (non-hydrogen) atoms. The third-order valence-corrected chi connectivity index (χ3v) is 4.72. The molecule has 0 atom stereocenters. The van der Waals surface area contributed by atoms with E-state index >= 15 is 0 Å². The molecule has 1 aliphatic rings. The van der Waals surface area contributed by atoms with Crippen molar-refractivity contribution >= 4 is 33.4 Å². The molecule has 1 heterocycles. The first-order chi connectivity index (χ1) is 9.08. The molecule has 1 aliphatic heterocycles. The molecule has 0 aromatic heterocycles. The van der Waals surface area contributed by atoms with Gasteiger partial charge in [0.1, 0.15) is 0 Å². The Morgan fingerprint density at radius 2 is 2.16 bits per heavy atom. The monoisotopic (exact) mass is 344 g/mol. The van der Waals surface area contributed by atoms with Crippen molar-refractivity contribution in [1.82, 2.24) is 10.2 Å². The van der Waals surface area contributed by atoms with Gasteiger partial charge < -0.3 is 10.2 Å². The van der Waals surface area contributed by atoms with Crippen LogP contribution in [0.4, 0.5) is 0 Å². The van der Waals surface area contributed by atoms with Crippen molar-refractivity contribution in [1.29, 1.82) is 0 Å². The van der Waals surface area contributed by atoms with Gasteiger partial charge in [0.2, 0.25) is 0 Å². The highest BCUT2D eigenvalue weighted by Crippen LogP contribution is 2.24. The van der Waals surface area contributed by atoms with Crippen LogP contribution in [0.5, 0.6) is 0 Å². The van der Waals surface area contributed by atoms with Crippen LogP contribution in [0, 0.1) is 5.92 Å². The Hall–Kier alpha value is -0.580. The summed E-state index contributed by atoms with van der Waals surface area (Å²) in [4.78, 5) is 14.1. The van der Waals surface area contributed by atoms with E-state index < -0.39 is 0 Å². The molecule has 2 rings (SSSR count). The summed E-state index contributed by atoms with van der Waals surface area (Å²) in [6.45, 7) is 2.93. The quantitative estimate of drug-likeness (QED) is 0.912. The highest BCUT2D eigenvalue weighted by atomic mass is 79.9. The van der Waals surface area contributed by atoms with Gasteiger partial charge in [0.05, 0.1) is 5.02 Å². The maximum absolute atomic E-state index is 12.3. The SMILES string of the molecule is CN(CC1CCNCC1)C(=O)c1ccc(Cl)c(Br)c1. The number of benzene rings is 1. The number of nitrogens with one attached hydrogen (secondary N) is 1. The second-order valence-corrected chi connectivity index (χ2v) is 6.27. The van der Waals surface area contributed by atoms with Crippen LogP contribution in [-0.4, -0.2) is 37.5 Å². The van der Waals surface area contributed by atoms with Crippen LogP contribution < -0.4 is 5.32 Å². The summed E-state index contributed by atoms with van der Waals surface area (Å²) in [5.41, 5.74) is 0.674. The second kappa shape index (κ2) is 6.73. The molecular formula is C14H18BrClN2O. The Morgan fingerprint density at radius 3 is 2.79 bits per heavy atom. The molecule has 0 bridgehead atoms. The van der Waals surface area contributed by atoms with Gasteiger partial charge >= 0.3 is 0 Å². The van der Waals surface area contributed by atoms with Crippen LogP contribution in [0.1, 0.15) is 23.2 Å². The van der Waals surface area contributed by atoms with Crippen LogP contribution in [0.25, 0.3) is 0 Å². The number of amides is 1. The van der Waals surface area contributed by atoms with E-state index in [-0.39, 0.29) is 5.91 Å².